The van der Waals surface area contributed by atoms with Gasteiger partial charge in [0.15, 0.2) is 0 Å². The van der Waals surface area contributed by atoms with Gasteiger partial charge >= 0.3 is 0 Å². The van der Waals surface area contributed by atoms with Crippen molar-refractivity contribution in [3.05, 3.63) is 24.3 Å². The Morgan fingerprint density at radius 3 is 3.08 bits per heavy atom. The molecule has 2 aliphatic rings. The lowest BCUT2D eigenvalue weighted by Gasteiger charge is -2.45. The van der Waals surface area contributed by atoms with E-state index in [9.17, 15) is 5.11 Å². The highest BCUT2D eigenvalue weighted by Crippen LogP contribution is 2.45. The molecule has 13 heavy (non-hydrogen) atoms. The van der Waals surface area contributed by atoms with Crippen LogP contribution in [0.3, 0.4) is 0 Å². The van der Waals surface area contributed by atoms with Gasteiger partial charge in [-0.15, -0.1) is 6.58 Å². The van der Waals surface area contributed by atoms with Crippen molar-refractivity contribution in [3.63, 3.8) is 0 Å². The molecule has 3 atom stereocenters. The molecule has 1 fully saturated rings. The fraction of sp³-hybridized carbons (Fsp3) is 0.667. The second kappa shape index (κ2) is 2.98. The Kier molecular flexibility index (Phi) is 2.07. The number of allylic oxidation sites excluding steroid dienone is 1. The predicted octanol–water partition coefficient (Wildman–Crippen LogP) is 2.67. The standard InChI is InChI=1S/C12H18O/c1-3-11-5-4-10-6-9(2)7-12(11,13)8-10/h3,6,10-11,13H,1,4-5,7-8H2,2H3/t10-,11-,12-/m1/s1. The molecule has 0 amide bonds. The second-order valence-corrected chi connectivity index (χ2v) is 4.68. The van der Waals surface area contributed by atoms with Crippen LogP contribution in [-0.2, 0) is 0 Å². The van der Waals surface area contributed by atoms with Gasteiger partial charge in [0.25, 0.3) is 0 Å². The van der Waals surface area contributed by atoms with E-state index in [4.69, 9.17) is 0 Å². The lowest BCUT2D eigenvalue weighted by molar-refractivity contribution is -0.0470. The van der Waals surface area contributed by atoms with Gasteiger partial charge in [-0.05, 0) is 38.5 Å². The third-order valence-electron chi connectivity index (χ3n) is 3.54. The molecule has 0 radical (unpaired) electrons. The summed E-state index contributed by atoms with van der Waals surface area (Å²) in [4.78, 5) is 0. The van der Waals surface area contributed by atoms with Gasteiger partial charge in [-0.3, -0.25) is 0 Å². The average molecular weight is 178 g/mol. The highest BCUT2D eigenvalue weighted by atomic mass is 16.3. The van der Waals surface area contributed by atoms with E-state index in [1.807, 2.05) is 6.08 Å². The first-order chi connectivity index (χ1) is 6.14. The van der Waals surface area contributed by atoms with E-state index in [1.54, 1.807) is 0 Å². The first kappa shape index (κ1) is 9.01. The number of rotatable bonds is 1. The average Bonchev–Trinajstić information content (AvgIpc) is 2.01. The van der Waals surface area contributed by atoms with E-state index in [-0.39, 0.29) is 0 Å². The van der Waals surface area contributed by atoms with Gasteiger partial charge in [0.05, 0.1) is 5.60 Å². The van der Waals surface area contributed by atoms with Crippen LogP contribution in [0, 0.1) is 11.8 Å². The molecule has 2 rings (SSSR count). The minimum Gasteiger partial charge on any atom is -0.389 e. The molecule has 1 saturated carbocycles. The first-order valence-corrected chi connectivity index (χ1v) is 5.16. The van der Waals surface area contributed by atoms with E-state index >= 15 is 0 Å². The van der Waals surface area contributed by atoms with Gasteiger partial charge in [-0.25, -0.2) is 0 Å². The molecular weight excluding hydrogens is 160 g/mol. The Morgan fingerprint density at radius 1 is 1.62 bits per heavy atom. The van der Waals surface area contributed by atoms with Crippen LogP contribution in [-0.4, -0.2) is 10.7 Å². The van der Waals surface area contributed by atoms with Gasteiger partial charge < -0.3 is 5.11 Å². The quantitative estimate of drug-likeness (QED) is 0.612. The van der Waals surface area contributed by atoms with Gasteiger partial charge in [-0.1, -0.05) is 17.7 Å². The summed E-state index contributed by atoms with van der Waals surface area (Å²) in [7, 11) is 0. The second-order valence-electron chi connectivity index (χ2n) is 4.68. The van der Waals surface area contributed by atoms with Crippen molar-refractivity contribution in [3.8, 4) is 0 Å². The minimum atomic E-state index is -0.469. The van der Waals surface area contributed by atoms with E-state index < -0.39 is 5.60 Å². The normalized spacial score (nSPS) is 44.0. The lowest BCUT2D eigenvalue weighted by Crippen LogP contribution is -2.44. The summed E-state index contributed by atoms with van der Waals surface area (Å²) in [6, 6.07) is 0. The summed E-state index contributed by atoms with van der Waals surface area (Å²) >= 11 is 0. The molecule has 0 unspecified atom stereocenters. The van der Waals surface area contributed by atoms with Crippen LogP contribution in [0.15, 0.2) is 24.3 Å². The Hall–Kier alpha value is -0.560. The highest BCUT2D eigenvalue weighted by molar-refractivity contribution is 5.17. The van der Waals surface area contributed by atoms with Crippen molar-refractivity contribution in [1.82, 2.24) is 0 Å². The molecule has 0 spiro atoms. The molecule has 0 heterocycles. The van der Waals surface area contributed by atoms with E-state index in [0.717, 1.165) is 19.3 Å². The third-order valence-corrected chi connectivity index (χ3v) is 3.54. The molecule has 2 bridgehead atoms. The third kappa shape index (κ3) is 1.46. The zero-order valence-electron chi connectivity index (χ0n) is 8.29. The zero-order chi connectivity index (χ0) is 9.47. The Labute approximate surface area is 80.2 Å². The van der Waals surface area contributed by atoms with Crippen LogP contribution in [0.5, 0.6) is 0 Å². The Bertz CT molecular complexity index is 254. The lowest BCUT2D eigenvalue weighted by atomic mass is 9.65. The monoisotopic (exact) mass is 178 g/mol. The molecule has 1 heteroatoms. The maximum absolute atomic E-state index is 10.4. The topological polar surface area (TPSA) is 20.2 Å². The van der Waals surface area contributed by atoms with Crippen molar-refractivity contribution >= 4 is 0 Å². The largest absolute Gasteiger partial charge is 0.389 e. The Balaban J connectivity index is 2.27. The summed E-state index contributed by atoms with van der Waals surface area (Å²) < 4.78 is 0. The van der Waals surface area contributed by atoms with E-state index in [2.05, 4.69) is 19.6 Å². The van der Waals surface area contributed by atoms with Crippen molar-refractivity contribution in [2.24, 2.45) is 11.8 Å². The SMILES string of the molecule is C=C[C@@H]1CC[C@@H]2C=C(C)C[C@@]1(O)C2. The summed E-state index contributed by atoms with van der Waals surface area (Å²) in [5.74, 6) is 0.933. The highest BCUT2D eigenvalue weighted by Gasteiger charge is 2.42. The summed E-state index contributed by atoms with van der Waals surface area (Å²) in [5, 5.41) is 10.4. The molecule has 0 aromatic rings. The smallest absolute Gasteiger partial charge is 0.0752 e. The van der Waals surface area contributed by atoms with Crippen molar-refractivity contribution in [2.75, 3.05) is 0 Å². The van der Waals surface area contributed by atoms with E-state index in [0.29, 0.717) is 11.8 Å². The number of fused-ring (bicyclic) bond motifs is 2. The number of hydrogen-bond acceptors (Lipinski definition) is 1. The van der Waals surface area contributed by atoms with Crippen LogP contribution in [0.25, 0.3) is 0 Å². The van der Waals surface area contributed by atoms with Crippen molar-refractivity contribution in [1.29, 1.82) is 0 Å². The maximum atomic E-state index is 10.4. The molecule has 0 aromatic heterocycles. The molecule has 0 saturated heterocycles. The van der Waals surface area contributed by atoms with Crippen molar-refractivity contribution in [2.45, 2.75) is 38.2 Å². The van der Waals surface area contributed by atoms with Crippen molar-refractivity contribution < 1.29 is 5.11 Å². The summed E-state index contributed by atoms with van der Waals surface area (Å²) in [5.41, 5.74) is 0.883. The molecule has 72 valence electrons. The first-order valence-electron chi connectivity index (χ1n) is 5.16. The van der Waals surface area contributed by atoms with E-state index in [1.165, 1.54) is 12.0 Å². The number of aliphatic hydroxyl groups is 1. The van der Waals surface area contributed by atoms with Gasteiger partial charge in [0, 0.05) is 5.92 Å². The Morgan fingerprint density at radius 2 is 2.38 bits per heavy atom. The maximum Gasteiger partial charge on any atom is 0.0752 e. The fourth-order valence-electron chi connectivity index (χ4n) is 3.00. The fourth-order valence-corrected chi connectivity index (χ4v) is 3.00. The zero-order valence-corrected chi connectivity index (χ0v) is 8.29. The van der Waals surface area contributed by atoms with Gasteiger partial charge in [0.1, 0.15) is 0 Å². The predicted molar refractivity (Wildman–Crippen MR) is 54.4 cm³/mol. The van der Waals surface area contributed by atoms with Gasteiger partial charge in [-0.2, -0.15) is 0 Å². The van der Waals surface area contributed by atoms with Crippen LogP contribution in [0.1, 0.15) is 32.6 Å². The molecule has 0 aliphatic heterocycles. The molecular formula is C12H18O. The molecule has 2 aliphatic carbocycles. The number of hydrogen-bond donors (Lipinski definition) is 1. The van der Waals surface area contributed by atoms with Crippen LogP contribution < -0.4 is 0 Å². The minimum absolute atomic E-state index is 0.312. The van der Waals surface area contributed by atoms with Crippen LogP contribution in [0.4, 0.5) is 0 Å². The van der Waals surface area contributed by atoms with Crippen LogP contribution >= 0.6 is 0 Å². The summed E-state index contributed by atoms with van der Waals surface area (Å²) in [6.45, 7) is 5.95. The summed E-state index contributed by atoms with van der Waals surface area (Å²) in [6.07, 6.45) is 8.40. The molecule has 1 N–H and O–H groups in total. The molecule has 1 nitrogen and oxygen atoms in total. The van der Waals surface area contributed by atoms with Gasteiger partial charge in [0.2, 0.25) is 0 Å². The van der Waals surface area contributed by atoms with Crippen LogP contribution in [0.2, 0.25) is 0 Å². The molecule has 0 aromatic carbocycles.